The van der Waals surface area contributed by atoms with Crippen molar-refractivity contribution in [3.63, 3.8) is 0 Å². The summed E-state index contributed by atoms with van der Waals surface area (Å²) >= 11 is 1.62. The van der Waals surface area contributed by atoms with Gasteiger partial charge in [0, 0.05) is 20.0 Å². The first-order valence-corrected chi connectivity index (χ1v) is 6.14. The standard InChI is InChI=1S/C6H14O3PS/c1-4-11-6-5-10(7,8-2)9-3/h1,4-6H2,2-3H3. The predicted octanol–water partition coefficient (Wildman–Crippen LogP) is 2.04. The third-order valence-electron chi connectivity index (χ3n) is 1.21. The smallest absolute Gasteiger partial charge is 0.312 e. The van der Waals surface area contributed by atoms with Gasteiger partial charge in [0.25, 0.3) is 0 Å². The molecule has 0 fully saturated rings. The number of hydrogen-bond acceptors (Lipinski definition) is 4. The van der Waals surface area contributed by atoms with Gasteiger partial charge in [0.2, 0.25) is 0 Å². The highest BCUT2D eigenvalue weighted by Crippen LogP contribution is 2.46. The third kappa shape index (κ3) is 4.86. The first-order chi connectivity index (χ1) is 5.18. The molecule has 0 aliphatic rings. The molecule has 0 aromatic carbocycles. The van der Waals surface area contributed by atoms with E-state index >= 15 is 0 Å². The van der Waals surface area contributed by atoms with E-state index in [1.165, 1.54) is 14.2 Å². The molecule has 0 saturated carbocycles. The summed E-state index contributed by atoms with van der Waals surface area (Å²) in [5.74, 6) is 1.55. The maximum absolute atomic E-state index is 11.3. The van der Waals surface area contributed by atoms with Crippen LogP contribution in [0.4, 0.5) is 0 Å². The molecule has 67 valence electrons. The number of thioether (sulfide) groups is 1. The Bertz CT molecular complexity index is 132. The first-order valence-electron chi connectivity index (χ1n) is 3.26. The Balaban J connectivity index is 3.61. The molecule has 3 nitrogen and oxygen atoms in total. The summed E-state index contributed by atoms with van der Waals surface area (Å²) in [6, 6.07) is 0. The molecular formula is C6H14O3PS. The van der Waals surface area contributed by atoms with Gasteiger partial charge >= 0.3 is 7.60 Å². The topological polar surface area (TPSA) is 35.5 Å². The van der Waals surface area contributed by atoms with E-state index in [9.17, 15) is 4.57 Å². The highest BCUT2D eigenvalue weighted by molar-refractivity contribution is 7.99. The molecule has 0 unspecified atom stereocenters. The van der Waals surface area contributed by atoms with E-state index in [1.54, 1.807) is 11.8 Å². The van der Waals surface area contributed by atoms with Crippen LogP contribution in [0, 0.1) is 6.92 Å². The largest absolute Gasteiger partial charge is 0.330 e. The van der Waals surface area contributed by atoms with E-state index in [0.29, 0.717) is 6.16 Å². The maximum Gasteiger partial charge on any atom is 0.330 e. The Kier molecular flexibility index (Phi) is 6.34. The zero-order valence-corrected chi connectivity index (χ0v) is 8.62. The maximum atomic E-state index is 11.3. The van der Waals surface area contributed by atoms with Crippen LogP contribution in [0.15, 0.2) is 0 Å². The molecule has 0 aliphatic heterocycles. The Morgan fingerprint density at radius 2 is 2.00 bits per heavy atom. The molecule has 0 N–H and O–H groups in total. The minimum atomic E-state index is -2.76. The van der Waals surface area contributed by atoms with Crippen molar-refractivity contribution >= 4 is 19.4 Å². The highest BCUT2D eigenvalue weighted by Gasteiger charge is 2.19. The van der Waals surface area contributed by atoms with Gasteiger partial charge in [-0.05, 0) is 12.7 Å². The Labute approximate surface area is 72.4 Å². The molecule has 1 radical (unpaired) electrons. The van der Waals surface area contributed by atoms with Crippen molar-refractivity contribution in [2.24, 2.45) is 0 Å². The van der Waals surface area contributed by atoms with E-state index in [0.717, 1.165) is 11.5 Å². The lowest BCUT2D eigenvalue weighted by molar-refractivity contribution is 0.277. The lowest BCUT2D eigenvalue weighted by Crippen LogP contribution is -1.97. The van der Waals surface area contributed by atoms with Crippen LogP contribution >= 0.6 is 19.4 Å². The summed E-state index contributed by atoms with van der Waals surface area (Å²) in [5.41, 5.74) is 0. The molecular weight excluding hydrogens is 183 g/mol. The molecule has 0 aromatic rings. The van der Waals surface area contributed by atoms with Gasteiger partial charge in [-0.2, -0.15) is 11.8 Å². The second-order valence-electron chi connectivity index (χ2n) is 1.81. The van der Waals surface area contributed by atoms with Crippen LogP contribution in [0.1, 0.15) is 0 Å². The van der Waals surface area contributed by atoms with Gasteiger partial charge in [0.05, 0.1) is 6.16 Å². The van der Waals surface area contributed by atoms with E-state index in [-0.39, 0.29) is 0 Å². The molecule has 0 aromatic heterocycles. The van der Waals surface area contributed by atoms with Crippen LogP contribution in [0.2, 0.25) is 0 Å². The fraction of sp³-hybridized carbons (Fsp3) is 0.833. The Morgan fingerprint density at radius 3 is 2.36 bits per heavy atom. The molecule has 0 atom stereocenters. The fourth-order valence-corrected chi connectivity index (χ4v) is 2.66. The molecule has 0 rings (SSSR count). The van der Waals surface area contributed by atoms with Crippen molar-refractivity contribution in [1.29, 1.82) is 0 Å². The highest BCUT2D eigenvalue weighted by atomic mass is 32.2. The average Bonchev–Trinajstić information content (AvgIpc) is 2.05. The normalized spacial score (nSPS) is 11.9. The van der Waals surface area contributed by atoms with Gasteiger partial charge in [0.1, 0.15) is 0 Å². The summed E-state index contributed by atoms with van der Waals surface area (Å²) in [7, 11) is 0.0444. The van der Waals surface area contributed by atoms with Crippen LogP contribution in [-0.4, -0.2) is 31.9 Å². The summed E-state index contributed by atoms with van der Waals surface area (Å²) < 4.78 is 20.8. The van der Waals surface area contributed by atoms with E-state index in [1.807, 2.05) is 0 Å². The first kappa shape index (κ1) is 11.5. The van der Waals surface area contributed by atoms with Gasteiger partial charge in [-0.15, -0.1) is 0 Å². The monoisotopic (exact) mass is 197 g/mol. The molecule has 0 saturated heterocycles. The van der Waals surface area contributed by atoms with Crippen molar-refractivity contribution in [2.75, 3.05) is 31.9 Å². The van der Waals surface area contributed by atoms with Crippen LogP contribution in [-0.2, 0) is 13.6 Å². The van der Waals surface area contributed by atoms with Gasteiger partial charge in [-0.3, -0.25) is 4.57 Å². The van der Waals surface area contributed by atoms with Crippen LogP contribution < -0.4 is 0 Å². The van der Waals surface area contributed by atoms with E-state index in [2.05, 4.69) is 6.92 Å². The zero-order chi connectivity index (χ0) is 8.74. The number of rotatable bonds is 6. The second kappa shape index (κ2) is 6.06. The van der Waals surface area contributed by atoms with E-state index in [4.69, 9.17) is 9.05 Å². The van der Waals surface area contributed by atoms with Crippen LogP contribution in [0.5, 0.6) is 0 Å². The summed E-state index contributed by atoms with van der Waals surface area (Å²) in [4.78, 5) is 0. The molecule has 0 amide bonds. The Hall–Kier alpha value is 0.500. The van der Waals surface area contributed by atoms with Crippen molar-refractivity contribution < 1.29 is 13.6 Å². The predicted molar refractivity (Wildman–Crippen MR) is 49.2 cm³/mol. The van der Waals surface area contributed by atoms with E-state index < -0.39 is 7.60 Å². The average molecular weight is 197 g/mol. The van der Waals surface area contributed by atoms with Gasteiger partial charge in [0.15, 0.2) is 0 Å². The third-order valence-corrected chi connectivity index (χ3v) is 4.18. The lowest BCUT2D eigenvalue weighted by Gasteiger charge is -2.12. The summed E-state index contributed by atoms with van der Waals surface area (Å²) in [6.07, 6.45) is 0.459. The summed E-state index contributed by atoms with van der Waals surface area (Å²) in [5, 5.41) is 0. The van der Waals surface area contributed by atoms with Crippen LogP contribution in [0.3, 0.4) is 0 Å². The van der Waals surface area contributed by atoms with Gasteiger partial charge in [-0.1, -0.05) is 0 Å². The zero-order valence-electron chi connectivity index (χ0n) is 6.91. The van der Waals surface area contributed by atoms with Crippen LogP contribution in [0.25, 0.3) is 0 Å². The molecule has 11 heavy (non-hydrogen) atoms. The molecule has 0 spiro atoms. The lowest BCUT2D eigenvalue weighted by atomic mass is 10.9. The van der Waals surface area contributed by atoms with Gasteiger partial charge in [-0.25, -0.2) is 0 Å². The van der Waals surface area contributed by atoms with Crippen molar-refractivity contribution in [1.82, 2.24) is 0 Å². The molecule has 0 bridgehead atoms. The van der Waals surface area contributed by atoms with Crippen molar-refractivity contribution in [3.8, 4) is 0 Å². The fourth-order valence-electron chi connectivity index (χ4n) is 0.536. The quantitative estimate of drug-likeness (QED) is 0.482. The minimum absolute atomic E-state index is 0.459. The molecule has 0 heterocycles. The number of hydrogen-bond donors (Lipinski definition) is 0. The Morgan fingerprint density at radius 1 is 1.45 bits per heavy atom. The SMILES string of the molecule is [CH2]CSCCP(=O)(OC)OC. The second-order valence-corrected chi connectivity index (χ2v) is 5.44. The molecule has 0 aliphatic carbocycles. The van der Waals surface area contributed by atoms with Gasteiger partial charge < -0.3 is 9.05 Å². The summed E-state index contributed by atoms with van der Waals surface area (Å²) in [6.45, 7) is 3.65. The molecule has 5 heteroatoms. The van der Waals surface area contributed by atoms with Crippen molar-refractivity contribution in [3.05, 3.63) is 6.92 Å². The van der Waals surface area contributed by atoms with Crippen molar-refractivity contribution in [2.45, 2.75) is 0 Å². The minimum Gasteiger partial charge on any atom is -0.312 e.